The Hall–Kier alpha value is -2.84. The van der Waals surface area contributed by atoms with Crippen molar-refractivity contribution in [3.05, 3.63) is 59.5 Å². The Morgan fingerprint density at radius 1 is 1.06 bits per heavy atom. The molecular formula is C23H25N3O3S2. The number of benzene rings is 2. The standard InChI is InChI=1S/C23H25N3O3S2/c1-14(24-16(3)27)17-5-7-18(8-6-17)21-13-30-23(25-21)26-22(28)15(2)31-20-11-9-19(29-4)10-12-20/h5-15H,1-4H3,(H,24,27)(H,25,26,28)/t14-,15+/m0/s1. The SMILES string of the molecule is COc1ccc(S[C@H](C)C(=O)Nc2nc(-c3ccc([C@H](C)NC(C)=O)cc3)cs2)cc1. The average molecular weight is 456 g/mol. The molecule has 0 aliphatic heterocycles. The number of carbonyl (C=O) groups is 2. The van der Waals surface area contributed by atoms with Crippen molar-refractivity contribution >= 4 is 40.0 Å². The minimum absolute atomic E-state index is 0.0541. The summed E-state index contributed by atoms with van der Waals surface area (Å²) in [7, 11) is 1.63. The number of hydrogen-bond donors (Lipinski definition) is 2. The van der Waals surface area contributed by atoms with E-state index in [1.165, 1.54) is 30.0 Å². The maximum atomic E-state index is 12.6. The van der Waals surface area contributed by atoms with E-state index < -0.39 is 0 Å². The summed E-state index contributed by atoms with van der Waals surface area (Å²) >= 11 is 2.88. The van der Waals surface area contributed by atoms with Crippen molar-refractivity contribution in [3.8, 4) is 17.0 Å². The average Bonchev–Trinajstić information content (AvgIpc) is 3.22. The van der Waals surface area contributed by atoms with Crippen LogP contribution in [0.15, 0.2) is 58.8 Å². The molecule has 2 atom stereocenters. The van der Waals surface area contributed by atoms with Gasteiger partial charge in [-0.05, 0) is 43.7 Å². The third kappa shape index (κ3) is 6.32. The monoisotopic (exact) mass is 455 g/mol. The van der Waals surface area contributed by atoms with Gasteiger partial charge < -0.3 is 15.4 Å². The van der Waals surface area contributed by atoms with Crippen molar-refractivity contribution in [3.63, 3.8) is 0 Å². The maximum Gasteiger partial charge on any atom is 0.239 e. The molecule has 0 aliphatic carbocycles. The normalized spacial score (nSPS) is 12.6. The molecule has 2 N–H and O–H groups in total. The van der Waals surface area contributed by atoms with E-state index >= 15 is 0 Å². The molecule has 2 amide bonds. The minimum Gasteiger partial charge on any atom is -0.497 e. The molecule has 0 bridgehead atoms. The number of thioether (sulfide) groups is 1. The molecule has 2 aromatic carbocycles. The number of hydrogen-bond acceptors (Lipinski definition) is 6. The van der Waals surface area contributed by atoms with Crippen LogP contribution >= 0.6 is 23.1 Å². The molecule has 0 unspecified atom stereocenters. The topological polar surface area (TPSA) is 80.3 Å². The molecule has 0 saturated carbocycles. The maximum absolute atomic E-state index is 12.6. The van der Waals surface area contributed by atoms with Crippen LogP contribution in [0.1, 0.15) is 32.4 Å². The molecule has 0 radical (unpaired) electrons. The number of nitrogens with zero attached hydrogens (tertiary/aromatic N) is 1. The zero-order valence-corrected chi connectivity index (χ0v) is 19.5. The van der Waals surface area contributed by atoms with Crippen molar-refractivity contribution in [1.29, 1.82) is 0 Å². The van der Waals surface area contributed by atoms with Gasteiger partial charge in [0.15, 0.2) is 5.13 Å². The smallest absolute Gasteiger partial charge is 0.239 e. The van der Waals surface area contributed by atoms with Gasteiger partial charge in [0.2, 0.25) is 11.8 Å². The number of aromatic nitrogens is 1. The number of rotatable bonds is 8. The van der Waals surface area contributed by atoms with Gasteiger partial charge in [-0.15, -0.1) is 23.1 Å². The van der Waals surface area contributed by atoms with Gasteiger partial charge in [-0.25, -0.2) is 4.98 Å². The van der Waals surface area contributed by atoms with Gasteiger partial charge in [0.05, 0.1) is 24.1 Å². The van der Waals surface area contributed by atoms with E-state index in [1.54, 1.807) is 7.11 Å². The van der Waals surface area contributed by atoms with Crippen LogP contribution in [0.3, 0.4) is 0 Å². The first-order valence-corrected chi connectivity index (χ1v) is 11.6. The molecule has 162 valence electrons. The Kier molecular flexibility index (Phi) is 7.70. The molecule has 0 saturated heterocycles. The number of carbonyl (C=O) groups excluding carboxylic acids is 2. The van der Waals surface area contributed by atoms with Crippen LogP contribution in [0, 0.1) is 0 Å². The molecule has 0 spiro atoms. The first kappa shape index (κ1) is 22.8. The van der Waals surface area contributed by atoms with Crippen molar-refractivity contribution in [2.75, 3.05) is 12.4 Å². The van der Waals surface area contributed by atoms with E-state index in [9.17, 15) is 9.59 Å². The summed E-state index contributed by atoms with van der Waals surface area (Å²) in [6, 6.07) is 15.5. The second kappa shape index (κ2) is 10.5. The van der Waals surface area contributed by atoms with E-state index in [1.807, 2.05) is 67.8 Å². The fraction of sp³-hybridized carbons (Fsp3) is 0.261. The summed E-state index contributed by atoms with van der Waals surface area (Å²) in [5.41, 5.74) is 2.78. The zero-order valence-electron chi connectivity index (χ0n) is 17.8. The fourth-order valence-corrected chi connectivity index (χ4v) is 4.50. The molecule has 3 rings (SSSR count). The molecule has 1 aromatic heterocycles. The molecule has 1 heterocycles. The lowest BCUT2D eigenvalue weighted by molar-refractivity contribution is -0.119. The van der Waals surface area contributed by atoms with Gasteiger partial charge >= 0.3 is 0 Å². The number of thiazole rings is 1. The second-order valence-corrected chi connectivity index (χ2v) is 9.28. The Morgan fingerprint density at radius 3 is 2.35 bits per heavy atom. The van der Waals surface area contributed by atoms with Crippen molar-refractivity contribution in [2.24, 2.45) is 0 Å². The first-order chi connectivity index (χ1) is 14.9. The number of amides is 2. The van der Waals surface area contributed by atoms with Gasteiger partial charge in [-0.2, -0.15) is 0 Å². The van der Waals surface area contributed by atoms with Gasteiger partial charge in [0.25, 0.3) is 0 Å². The predicted molar refractivity (Wildman–Crippen MR) is 127 cm³/mol. The Labute approximate surface area is 190 Å². The highest BCUT2D eigenvalue weighted by atomic mass is 32.2. The van der Waals surface area contributed by atoms with Gasteiger partial charge in [-0.3, -0.25) is 9.59 Å². The van der Waals surface area contributed by atoms with E-state index in [0.29, 0.717) is 5.13 Å². The Morgan fingerprint density at radius 2 is 1.74 bits per heavy atom. The molecule has 6 nitrogen and oxygen atoms in total. The lowest BCUT2D eigenvalue weighted by Gasteiger charge is -2.13. The highest BCUT2D eigenvalue weighted by Crippen LogP contribution is 2.29. The van der Waals surface area contributed by atoms with Crippen molar-refractivity contribution in [2.45, 2.75) is 37.0 Å². The number of ether oxygens (including phenoxy) is 1. The summed E-state index contributed by atoms with van der Waals surface area (Å²) in [5.74, 6) is 0.631. The lowest BCUT2D eigenvalue weighted by Crippen LogP contribution is -2.23. The largest absolute Gasteiger partial charge is 0.497 e. The first-order valence-electron chi connectivity index (χ1n) is 9.80. The van der Waals surface area contributed by atoms with Crippen LogP contribution in [0.5, 0.6) is 5.75 Å². The molecule has 31 heavy (non-hydrogen) atoms. The van der Waals surface area contributed by atoms with Crippen LogP contribution in [-0.4, -0.2) is 29.2 Å². The van der Waals surface area contributed by atoms with Crippen LogP contribution in [0.4, 0.5) is 5.13 Å². The highest BCUT2D eigenvalue weighted by Gasteiger charge is 2.17. The predicted octanol–water partition coefficient (Wildman–Crippen LogP) is 5.14. The van der Waals surface area contributed by atoms with Crippen molar-refractivity contribution in [1.82, 2.24) is 10.3 Å². The van der Waals surface area contributed by atoms with Gasteiger partial charge in [0.1, 0.15) is 5.75 Å². The molecular weight excluding hydrogens is 430 g/mol. The molecule has 0 aliphatic rings. The molecule has 0 fully saturated rings. The van der Waals surface area contributed by atoms with Crippen molar-refractivity contribution < 1.29 is 14.3 Å². The van der Waals surface area contributed by atoms with Gasteiger partial charge in [0, 0.05) is 22.8 Å². The summed E-state index contributed by atoms with van der Waals surface area (Å²) in [5, 5.41) is 7.99. The Bertz CT molecular complexity index is 1030. The summed E-state index contributed by atoms with van der Waals surface area (Å²) in [4.78, 5) is 29.3. The summed E-state index contributed by atoms with van der Waals surface area (Å²) in [6.07, 6.45) is 0. The third-order valence-corrected chi connectivity index (χ3v) is 6.47. The number of nitrogens with one attached hydrogen (secondary N) is 2. The second-order valence-electron chi connectivity index (χ2n) is 7.01. The number of anilines is 1. The summed E-state index contributed by atoms with van der Waals surface area (Å²) in [6.45, 7) is 5.32. The molecule has 3 aromatic rings. The van der Waals surface area contributed by atoms with Crippen LogP contribution < -0.4 is 15.4 Å². The minimum atomic E-state index is -0.268. The summed E-state index contributed by atoms with van der Waals surface area (Å²) < 4.78 is 5.16. The molecule has 8 heteroatoms. The fourth-order valence-electron chi connectivity index (χ4n) is 2.91. The van der Waals surface area contributed by atoms with Crippen LogP contribution in [0.25, 0.3) is 11.3 Å². The van der Waals surface area contributed by atoms with Gasteiger partial charge in [-0.1, -0.05) is 24.3 Å². The highest BCUT2D eigenvalue weighted by molar-refractivity contribution is 8.00. The Balaban J connectivity index is 1.59. The third-order valence-electron chi connectivity index (χ3n) is 4.60. The van der Waals surface area contributed by atoms with E-state index in [2.05, 4.69) is 15.6 Å². The van der Waals surface area contributed by atoms with E-state index in [-0.39, 0.29) is 23.1 Å². The number of methoxy groups -OCH3 is 1. The van der Waals surface area contributed by atoms with Crippen LogP contribution in [-0.2, 0) is 9.59 Å². The van der Waals surface area contributed by atoms with E-state index in [0.717, 1.165) is 27.5 Å². The van der Waals surface area contributed by atoms with Crippen LogP contribution in [0.2, 0.25) is 0 Å². The zero-order chi connectivity index (χ0) is 22.4. The quantitative estimate of drug-likeness (QED) is 0.460. The van der Waals surface area contributed by atoms with E-state index in [4.69, 9.17) is 4.74 Å². The lowest BCUT2D eigenvalue weighted by atomic mass is 10.1.